The summed E-state index contributed by atoms with van der Waals surface area (Å²) in [5.74, 6) is -0.215. The first-order valence-electron chi connectivity index (χ1n) is 9.28. The van der Waals surface area contributed by atoms with Gasteiger partial charge in [-0.05, 0) is 48.4 Å². The van der Waals surface area contributed by atoms with Crippen LogP contribution in [-0.4, -0.2) is 28.0 Å². The molecule has 0 saturated heterocycles. The number of anilines is 1. The molecule has 3 aromatic rings. The highest BCUT2D eigenvalue weighted by Gasteiger charge is 2.19. The average molecular weight is 479 g/mol. The quantitative estimate of drug-likeness (QED) is 0.487. The molecule has 2 N–H and O–H groups in total. The number of halogens is 2. The summed E-state index contributed by atoms with van der Waals surface area (Å²) in [4.78, 5) is 12.6. The van der Waals surface area contributed by atoms with Crippen molar-refractivity contribution in [3.63, 3.8) is 0 Å². The van der Waals surface area contributed by atoms with Gasteiger partial charge in [0.1, 0.15) is 5.75 Å². The maximum absolute atomic E-state index is 12.7. The van der Waals surface area contributed by atoms with Crippen LogP contribution in [0.1, 0.15) is 15.9 Å². The van der Waals surface area contributed by atoms with Crippen LogP contribution in [-0.2, 0) is 16.4 Å². The third-order valence-corrected chi connectivity index (χ3v) is 6.46. The molecule has 0 heterocycles. The van der Waals surface area contributed by atoms with Crippen LogP contribution in [0.3, 0.4) is 0 Å². The van der Waals surface area contributed by atoms with Gasteiger partial charge in [-0.15, -0.1) is 0 Å². The highest BCUT2D eigenvalue weighted by Crippen LogP contribution is 2.29. The fourth-order valence-electron chi connectivity index (χ4n) is 2.87. The fourth-order valence-corrected chi connectivity index (χ4v) is 4.42. The number of sulfonamides is 1. The number of hydrogen-bond acceptors (Lipinski definition) is 4. The Kier molecular flexibility index (Phi) is 7.56. The lowest BCUT2D eigenvalue weighted by Crippen LogP contribution is -2.26. The first-order valence-corrected chi connectivity index (χ1v) is 11.5. The molecular formula is C22H20Cl2N2O4S. The minimum atomic E-state index is -3.79. The van der Waals surface area contributed by atoms with E-state index in [0.717, 1.165) is 5.56 Å². The number of benzene rings is 3. The fraction of sp³-hybridized carbons (Fsp3) is 0.136. The van der Waals surface area contributed by atoms with Crippen LogP contribution >= 0.6 is 23.2 Å². The standard InChI is InChI=1S/C22H20Cl2N2O4S/c1-30-21-10-8-17(31(28,29)25-12-11-15-5-3-2-4-6-15)14-20(21)26-22(27)18-9-7-16(23)13-19(18)24/h2-10,13-14,25H,11-12H2,1H3,(H,26,27). The van der Waals surface area contributed by atoms with Gasteiger partial charge in [-0.3, -0.25) is 4.79 Å². The van der Waals surface area contributed by atoms with Gasteiger partial charge in [-0.25, -0.2) is 13.1 Å². The average Bonchev–Trinajstić information content (AvgIpc) is 2.74. The van der Waals surface area contributed by atoms with Gasteiger partial charge >= 0.3 is 0 Å². The summed E-state index contributed by atoms with van der Waals surface area (Å²) in [5.41, 5.74) is 1.42. The van der Waals surface area contributed by atoms with Gasteiger partial charge in [-0.1, -0.05) is 53.5 Å². The summed E-state index contributed by atoms with van der Waals surface area (Å²) in [5, 5.41) is 3.22. The third kappa shape index (κ3) is 5.98. The summed E-state index contributed by atoms with van der Waals surface area (Å²) in [6.07, 6.45) is 0.550. The van der Waals surface area contributed by atoms with Crippen LogP contribution in [0.15, 0.2) is 71.6 Å². The molecule has 0 aliphatic heterocycles. The van der Waals surface area contributed by atoms with Crippen molar-refractivity contribution in [3.05, 3.63) is 87.9 Å². The number of methoxy groups -OCH3 is 1. The highest BCUT2D eigenvalue weighted by molar-refractivity contribution is 7.89. The van der Waals surface area contributed by atoms with Crippen LogP contribution in [0.25, 0.3) is 0 Å². The maximum Gasteiger partial charge on any atom is 0.257 e. The monoisotopic (exact) mass is 478 g/mol. The Bertz CT molecular complexity index is 1190. The second-order valence-corrected chi connectivity index (χ2v) is 9.18. The van der Waals surface area contributed by atoms with Crippen molar-refractivity contribution in [2.24, 2.45) is 0 Å². The molecule has 0 aromatic heterocycles. The molecule has 31 heavy (non-hydrogen) atoms. The van der Waals surface area contributed by atoms with E-state index in [9.17, 15) is 13.2 Å². The zero-order chi connectivity index (χ0) is 22.4. The third-order valence-electron chi connectivity index (χ3n) is 4.45. The molecule has 0 bridgehead atoms. The molecule has 0 saturated carbocycles. The van der Waals surface area contributed by atoms with Gasteiger partial charge in [0.15, 0.2) is 0 Å². The largest absolute Gasteiger partial charge is 0.495 e. The Labute approximate surface area is 191 Å². The van der Waals surface area contributed by atoms with Crippen molar-refractivity contribution < 1.29 is 17.9 Å². The molecule has 3 rings (SSSR count). The van der Waals surface area contributed by atoms with Crippen molar-refractivity contribution in [2.75, 3.05) is 19.0 Å². The summed E-state index contributed by atoms with van der Waals surface area (Å²) in [6, 6.07) is 18.3. The zero-order valence-electron chi connectivity index (χ0n) is 16.6. The number of carbonyl (C=O) groups excluding carboxylic acids is 1. The number of carbonyl (C=O) groups is 1. The number of rotatable bonds is 8. The molecule has 0 atom stereocenters. The highest BCUT2D eigenvalue weighted by atomic mass is 35.5. The van der Waals surface area contributed by atoms with Crippen LogP contribution in [0, 0.1) is 0 Å². The molecule has 0 spiro atoms. The van der Waals surface area contributed by atoms with Crippen LogP contribution in [0.5, 0.6) is 5.75 Å². The van der Waals surface area contributed by atoms with E-state index in [1.807, 2.05) is 30.3 Å². The Morgan fingerprint density at radius 3 is 2.42 bits per heavy atom. The maximum atomic E-state index is 12.7. The van der Waals surface area contributed by atoms with E-state index in [4.69, 9.17) is 27.9 Å². The molecule has 0 radical (unpaired) electrons. The number of nitrogens with one attached hydrogen (secondary N) is 2. The van der Waals surface area contributed by atoms with Crippen molar-refractivity contribution in [3.8, 4) is 5.75 Å². The van der Waals surface area contributed by atoms with E-state index in [1.54, 1.807) is 0 Å². The molecule has 3 aromatic carbocycles. The molecule has 0 unspecified atom stereocenters. The Morgan fingerprint density at radius 1 is 1.00 bits per heavy atom. The van der Waals surface area contributed by atoms with Gasteiger partial charge in [-0.2, -0.15) is 0 Å². The summed E-state index contributed by atoms with van der Waals surface area (Å²) in [6.45, 7) is 0.237. The van der Waals surface area contributed by atoms with Crippen LogP contribution in [0.2, 0.25) is 10.0 Å². The van der Waals surface area contributed by atoms with Gasteiger partial charge in [0.05, 0.1) is 28.3 Å². The van der Waals surface area contributed by atoms with E-state index in [0.29, 0.717) is 17.2 Å². The summed E-state index contributed by atoms with van der Waals surface area (Å²) in [7, 11) is -2.37. The van der Waals surface area contributed by atoms with Gasteiger partial charge in [0, 0.05) is 11.6 Å². The Morgan fingerprint density at radius 2 is 1.74 bits per heavy atom. The molecule has 0 aliphatic rings. The van der Waals surface area contributed by atoms with Gasteiger partial charge in [0.2, 0.25) is 10.0 Å². The van der Waals surface area contributed by atoms with Crippen LogP contribution < -0.4 is 14.8 Å². The molecule has 1 amide bonds. The predicted octanol–water partition coefficient (Wildman–Crippen LogP) is 4.78. The minimum absolute atomic E-state index is 0.00105. The van der Waals surface area contributed by atoms with Crippen molar-refractivity contribution >= 4 is 44.8 Å². The molecule has 0 fully saturated rings. The molecule has 6 nitrogen and oxygen atoms in total. The van der Waals surface area contributed by atoms with E-state index in [-0.39, 0.29) is 27.7 Å². The normalized spacial score (nSPS) is 11.2. The minimum Gasteiger partial charge on any atom is -0.495 e. The molecular weight excluding hydrogens is 459 g/mol. The number of hydrogen-bond donors (Lipinski definition) is 2. The Balaban J connectivity index is 1.78. The lowest BCUT2D eigenvalue weighted by atomic mass is 10.2. The first-order chi connectivity index (χ1) is 14.8. The van der Waals surface area contributed by atoms with Crippen molar-refractivity contribution in [1.29, 1.82) is 0 Å². The zero-order valence-corrected chi connectivity index (χ0v) is 18.9. The Hall–Kier alpha value is -2.58. The summed E-state index contributed by atoms with van der Waals surface area (Å²) < 4.78 is 33.3. The second kappa shape index (κ2) is 10.2. The van der Waals surface area contributed by atoms with E-state index < -0.39 is 15.9 Å². The summed E-state index contributed by atoms with van der Waals surface area (Å²) >= 11 is 12.0. The predicted molar refractivity (Wildman–Crippen MR) is 123 cm³/mol. The van der Waals surface area contributed by atoms with Gasteiger partial charge < -0.3 is 10.1 Å². The smallest absolute Gasteiger partial charge is 0.257 e. The van der Waals surface area contributed by atoms with E-state index >= 15 is 0 Å². The van der Waals surface area contributed by atoms with Crippen molar-refractivity contribution in [1.82, 2.24) is 4.72 Å². The first kappa shape index (κ1) is 23.1. The lowest BCUT2D eigenvalue weighted by Gasteiger charge is -2.13. The van der Waals surface area contributed by atoms with Gasteiger partial charge in [0.25, 0.3) is 5.91 Å². The number of ether oxygens (including phenoxy) is 1. The molecule has 162 valence electrons. The SMILES string of the molecule is COc1ccc(S(=O)(=O)NCCc2ccccc2)cc1NC(=O)c1ccc(Cl)cc1Cl. The molecule has 9 heteroatoms. The lowest BCUT2D eigenvalue weighted by molar-refractivity contribution is 0.102. The van der Waals surface area contributed by atoms with E-state index in [1.165, 1.54) is 43.5 Å². The topological polar surface area (TPSA) is 84.5 Å². The van der Waals surface area contributed by atoms with Crippen molar-refractivity contribution in [2.45, 2.75) is 11.3 Å². The van der Waals surface area contributed by atoms with Crippen LogP contribution in [0.4, 0.5) is 5.69 Å². The van der Waals surface area contributed by atoms with E-state index in [2.05, 4.69) is 10.0 Å². The number of amides is 1. The second-order valence-electron chi connectivity index (χ2n) is 6.57. The molecule has 0 aliphatic carbocycles.